The molecule has 1 atom stereocenters. The van der Waals surface area contributed by atoms with E-state index in [0.717, 1.165) is 34.4 Å². The van der Waals surface area contributed by atoms with Crippen LogP contribution in [0.1, 0.15) is 22.7 Å². The normalized spacial score (nSPS) is 15.0. The molecule has 3 rings (SSSR count). The lowest BCUT2D eigenvalue weighted by atomic mass is 9.98. The second-order valence-electron chi connectivity index (χ2n) is 4.58. The van der Waals surface area contributed by atoms with E-state index in [1.807, 2.05) is 13.1 Å². The molecule has 106 valence electrons. The minimum Gasteiger partial charge on any atom is -0.493 e. The van der Waals surface area contributed by atoms with Crippen LogP contribution in [0.25, 0.3) is 0 Å². The molecule has 0 bridgehead atoms. The SMILES string of the molecule is CNC(c1cc(Cl)sc1Cl)c1cc(Br)cc2c1OCC2. The molecule has 1 aliphatic rings. The molecular formula is C14H12BrCl2NOS. The number of thiophene rings is 1. The maximum absolute atomic E-state index is 6.30. The van der Waals surface area contributed by atoms with Gasteiger partial charge in [0.2, 0.25) is 0 Å². The molecule has 2 heterocycles. The average Bonchev–Trinajstić information content (AvgIpc) is 2.97. The van der Waals surface area contributed by atoms with E-state index in [4.69, 9.17) is 27.9 Å². The second-order valence-corrected chi connectivity index (χ2v) is 7.78. The van der Waals surface area contributed by atoms with E-state index in [1.165, 1.54) is 16.9 Å². The fraction of sp³-hybridized carbons (Fsp3) is 0.286. The number of rotatable bonds is 3. The van der Waals surface area contributed by atoms with Crippen molar-refractivity contribution in [3.8, 4) is 5.75 Å². The van der Waals surface area contributed by atoms with Crippen LogP contribution < -0.4 is 10.1 Å². The summed E-state index contributed by atoms with van der Waals surface area (Å²) in [6.45, 7) is 0.730. The predicted molar refractivity (Wildman–Crippen MR) is 88.6 cm³/mol. The smallest absolute Gasteiger partial charge is 0.127 e. The van der Waals surface area contributed by atoms with Crippen LogP contribution in [-0.2, 0) is 6.42 Å². The highest BCUT2D eigenvalue weighted by atomic mass is 79.9. The van der Waals surface area contributed by atoms with Gasteiger partial charge < -0.3 is 10.1 Å². The van der Waals surface area contributed by atoms with Crippen LogP contribution in [0.3, 0.4) is 0 Å². The number of halogens is 3. The fourth-order valence-electron chi connectivity index (χ4n) is 2.54. The van der Waals surface area contributed by atoms with Crippen molar-refractivity contribution in [2.24, 2.45) is 0 Å². The van der Waals surface area contributed by atoms with Crippen LogP contribution in [0.4, 0.5) is 0 Å². The minimum atomic E-state index is -0.0319. The third kappa shape index (κ3) is 2.60. The predicted octanol–water partition coefficient (Wildman–Crippen LogP) is 5.06. The summed E-state index contributed by atoms with van der Waals surface area (Å²) in [4.78, 5) is 0. The van der Waals surface area contributed by atoms with Crippen molar-refractivity contribution in [1.82, 2.24) is 5.32 Å². The summed E-state index contributed by atoms with van der Waals surface area (Å²) in [6.07, 6.45) is 0.941. The average molecular weight is 393 g/mol. The molecule has 0 spiro atoms. The molecule has 1 N–H and O–H groups in total. The molecule has 0 fully saturated rings. The Balaban J connectivity index is 2.13. The maximum Gasteiger partial charge on any atom is 0.127 e. The van der Waals surface area contributed by atoms with Gasteiger partial charge in [0, 0.05) is 22.0 Å². The molecule has 1 unspecified atom stereocenters. The van der Waals surface area contributed by atoms with Gasteiger partial charge in [-0.05, 0) is 30.8 Å². The zero-order chi connectivity index (χ0) is 14.3. The van der Waals surface area contributed by atoms with Gasteiger partial charge in [0.1, 0.15) is 5.75 Å². The van der Waals surface area contributed by atoms with Crippen LogP contribution in [0.5, 0.6) is 5.75 Å². The minimum absolute atomic E-state index is 0.0319. The van der Waals surface area contributed by atoms with Crippen molar-refractivity contribution < 1.29 is 4.74 Å². The summed E-state index contributed by atoms with van der Waals surface area (Å²) < 4.78 is 8.25. The number of hydrogen-bond acceptors (Lipinski definition) is 3. The first kappa shape index (κ1) is 14.7. The second kappa shape index (κ2) is 5.85. The molecule has 1 aromatic heterocycles. The quantitative estimate of drug-likeness (QED) is 0.787. The monoisotopic (exact) mass is 391 g/mol. The Hall–Kier alpha value is -0.260. The third-order valence-corrected chi connectivity index (χ3v) is 5.35. The molecule has 0 saturated heterocycles. The summed E-state index contributed by atoms with van der Waals surface area (Å²) in [5, 5.41) is 3.31. The Morgan fingerprint density at radius 2 is 2.10 bits per heavy atom. The topological polar surface area (TPSA) is 21.3 Å². The summed E-state index contributed by atoms with van der Waals surface area (Å²) in [6, 6.07) is 6.07. The van der Waals surface area contributed by atoms with Crippen molar-refractivity contribution in [3.63, 3.8) is 0 Å². The molecule has 0 radical (unpaired) electrons. The van der Waals surface area contributed by atoms with E-state index in [-0.39, 0.29) is 6.04 Å². The highest BCUT2D eigenvalue weighted by Gasteiger charge is 2.26. The molecule has 0 amide bonds. The van der Waals surface area contributed by atoms with E-state index in [9.17, 15) is 0 Å². The van der Waals surface area contributed by atoms with Gasteiger partial charge in [-0.2, -0.15) is 0 Å². The number of benzene rings is 1. The molecular weight excluding hydrogens is 381 g/mol. The molecule has 0 saturated carbocycles. The first-order valence-corrected chi connectivity index (χ1v) is 8.54. The Bertz CT molecular complexity index is 659. The van der Waals surface area contributed by atoms with Gasteiger partial charge in [-0.3, -0.25) is 0 Å². The van der Waals surface area contributed by atoms with Gasteiger partial charge in [0.15, 0.2) is 0 Å². The Kier molecular flexibility index (Phi) is 4.29. The summed E-state index contributed by atoms with van der Waals surface area (Å²) >= 11 is 17.3. The zero-order valence-electron chi connectivity index (χ0n) is 10.7. The Morgan fingerprint density at radius 1 is 1.30 bits per heavy atom. The molecule has 0 aliphatic carbocycles. The van der Waals surface area contributed by atoms with E-state index in [2.05, 4.69) is 33.4 Å². The lowest BCUT2D eigenvalue weighted by Crippen LogP contribution is -2.18. The molecule has 2 nitrogen and oxygen atoms in total. The van der Waals surface area contributed by atoms with Gasteiger partial charge >= 0.3 is 0 Å². The highest BCUT2D eigenvalue weighted by molar-refractivity contribution is 9.10. The van der Waals surface area contributed by atoms with E-state index in [1.54, 1.807) is 0 Å². The standard InChI is InChI=1S/C14H12BrCl2NOS/c1-18-12(10-6-11(16)20-14(10)17)9-5-8(15)4-7-2-3-19-13(7)9/h4-6,12,18H,2-3H2,1H3. The van der Waals surface area contributed by atoms with Crippen molar-refractivity contribution in [2.45, 2.75) is 12.5 Å². The van der Waals surface area contributed by atoms with E-state index >= 15 is 0 Å². The van der Waals surface area contributed by atoms with Crippen LogP contribution in [0, 0.1) is 0 Å². The lowest BCUT2D eigenvalue weighted by Gasteiger charge is -2.19. The first-order valence-electron chi connectivity index (χ1n) is 6.17. The van der Waals surface area contributed by atoms with Gasteiger partial charge in [0.05, 0.1) is 21.3 Å². The third-order valence-electron chi connectivity index (χ3n) is 3.37. The zero-order valence-corrected chi connectivity index (χ0v) is 14.6. The fourth-order valence-corrected chi connectivity index (χ4v) is 4.60. The van der Waals surface area contributed by atoms with Crippen molar-refractivity contribution in [2.75, 3.05) is 13.7 Å². The van der Waals surface area contributed by atoms with Crippen LogP contribution in [0.2, 0.25) is 8.67 Å². The summed E-state index contributed by atoms with van der Waals surface area (Å²) in [5.74, 6) is 0.964. The lowest BCUT2D eigenvalue weighted by molar-refractivity contribution is 0.351. The number of ether oxygens (including phenoxy) is 1. The van der Waals surface area contributed by atoms with Crippen molar-refractivity contribution >= 4 is 50.5 Å². The molecule has 20 heavy (non-hydrogen) atoms. The molecule has 2 aromatic rings. The highest BCUT2D eigenvalue weighted by Crippen LogP contribution is 2.43. The van der Waals surface area contributed by atoms with Gasteiger partial charge in [-0.25, -0.2) is 0 Å². The number of nitrogens with one attached hydrogen (secondary N) is 1. The number of fused-ring (bicyclic) bond motifs is 1. The first-order chi connectivity index (χ1) is 9.60. The van der Waals surface area contributed by atoms with Crippen molar-refractivity contribution in [1.29, 1.82) is 0 Å². The number of hydrogen-bond donors (Lipinski definition) is 1. The van der Waals surface area contributed by atoms with Crippen LogP contribution in [0.15, 0.2) is 22.7 Å². The van der Waals surface area contributed by atoms with Crippen molar-refractivity contribution in [3.05, 3.63) is 48.0 Å². The van der Waals surface area contributed by atoms with Crippen LogP contribution in [-0.4, -0.2) is 13.7 Å². The van der Waals surface area contributed by atoms with Crippen LogP contribution >= 0.6 is 50.5 Å². The molecule has 6 heteroatoms. The maximum atomic E-state index is 6.30. The molecule has 1 aliphatic heterocycles. The van der Waals surface area contributed by atoms with E-state index in [0.29, 0.717) is 8.67 Å². The largest absolute Gasteiger partial charge is 0.493 e. The van der Waals surface area contributed by atoms with Gasteiger partial charge in [0.25, 0.3) is 0 Å². The van der Waals surface area contributed by atoms with E-state index < -0.39 is 0 Å². The summed E-state index contributed by atoms with van der Waals surface area (Å²) in [7, 11) is 1.91. The Labute approximate surface area is 140 Å². The van der Waals surface area contributed by atoms with Gasteiger partial charge in [-0.15, -0.1) is 11.3 Å². The summed E-state index contributed by atoms with van der Waals surface area (Å²) in [5.41, 5.74) is 3.30. The molecule has 1 aromatic carbocycles. The Morgan fingerprint density at radius 3 is 2.75 bits per heavy atom. The van der Waals surface area contributed by atoms with Gasteiger partial charge in [-0.1, -0.05) is 39.1 Å².